The van der Waals surface area contributed by atoms with Crippen molar-refractivity contribution in [1.82, 2.24) is 4.57 Å². The number of benzene rings is 1. The van der Waals surface area contributed by atoms with Crippen molar-refractivity contribution in [2.75, 3.05) is 5.32 Å². The second-order valence-electron chi connectivity index (χ2n) is 4.05. The summed E-state index contributed by atoms with van der Waals surface area (Å²) in [4.78, 5) is 12.8. The number of anilines is 1. The molecular weight excluding hydrogens is 279 g/mol. The maximum Gasteiger partial charge on any atom is 0.272 e. The van der Waals surface area contributed by atoms with Gasteiger partial charge in [0.1, 0.15) is 17.6 Å². The molecule has 0 atom stereocenters. The van der Waals surface area contributed by atoms with E-state index in [1.807, 2.05) is 0 Å². The highest BCUT2D eigenvalue weighted by atomic mass is 32.2. The number of nitrogens with zero attached hydrogens (tertiary/aromatic N) is 2. The Morgan fingerprint density at radius 3 is 2.85 bits per heavy atom. The number of nitrogens with one attached hydrogen (secondary N) is 1. The Labute approximate surface area is 119 Å². The second kappa shape index (κ2) is 5.77. The first-order valence-electron chi connectivity index (χ1n) is 5.59. The van der Waals surface area contributed by atoms with Crippen molar-refractivity contribution in [3.8, 4) is 6.07 Å². The van der Waals surface area contributed by atoms with E-state index < -0.39 is 5.82 Å². The minimum Gasteiger partial charge on any atom is -0.345 e. The maximum absolute atomic E-state index is 13.2. The van der Waals surface area contributed by atoms with Crippen LogP contribution in [0.15, 0.2) is 35.4 Å². The van der Waals surface area contributed by atoms with E-state index in [2.05, 4.69) is 5.32 Å². The summed E-state index contributed by atoms with van der Waals surface area (Å²) >= 11 is 1.04. The molecule has 0 bridgehead atoms. The Balaban J connectivity index is 2.23. The molecule has 1 aromatic carbocycles. The zero-order valence-corrected chi connectivity index (χ0v) is 11.4. The fourth-order valence-corrected chi connectivity index (χ4v) is 2.11. The highest BCUT2D eigenvalue weighted by molar-refractivity contribution is 7.97. The Hall–Kier alpha value is -2.30. The van der Waals surface area contributed by atoms with E-state index in [9.17, 15) is 9.18 Å². The number of halogens is 1. The van der Waals surface area contributed by atoms with E-state index in [1.165, 1.54) is 12.1 Å². The molecule has 0 aliphatic heterocycles. The van der Waals surface area contributed by atoms with Crippen LogP contribution in [0, 0.1) is 17.1 Å². The van der Waals surface area contributed by atoms with Crippen LogP contribution >= 0.6 is 11.9 Å². The van der Waals surface area contributed by atoms with Gasteiger partial charge in [0.15, 0.2) is 0 Å². The zero-order chi connectivity index (χ0) is 14.7. The highest BCUT2D eigenvalue weighted by Crippen LogP contribution is 2.18. The number of aryl methyl sites for hydroxylation is 1. The van der Waals surface area contributed by atoms with Gasteiger partial charge in [0.05, 0.1) is 5.56 Å². The Bertz CT molecular complexity index is 705. The van der Waals surface area contributed by atoms with E-state index >= 15 is 0 Å². The lowest BCUT2D eigenvalue weighted by atomic mass is 10.2. The molecular formula is C13H11FN4OS. The number of hydrogen-bond donors (Lipinski definition) is 2. The molecule has 0 saturated heterocycles. The number of aromatic nitrogens is 1. The fourth-order valence-electron chi connectivity index (χ4n) is 1.71. The second-order valence-corrected chi connectivity index (χ2v) is 4.76. The molecule has 0 aliphatic rings. The van der Waals surface area contributed by atoms with Gasteiger partial charge in [-0.2, -0.15) is 5.26 Å². The molecule has 2 rings (SSSR count). The average molecular weight is 290 g/mol. The Morgan fingerprint density at radius 2 is 2.25 bits per heavy atom. The summed E-state index contributed by atoms with van der Waals surface area (Å²) < 4.78 is 14.8. The summed E-state index contributed by atoms with van der Waals surface area (Å²) in [5.74, 6) is -0.977. The van der Waals surface area contributed by atoms with Crippen molar-refractivity contribution < 1.29 is 9.18 Å². The third-order valence-corrected chi connectivity index (χ3v) is 3.19. The van der Waals surface area contributed by atoms with Crippen LogP contribution in [0.1, 0.15) is 16.1 Å². The van der Waals surface area contributed by atoms with Crippen LogP contribution in [0.25, 0.3) is 0 Å². The van der Waals surface area contributed by atoms with Crippen molar-refractivity contribution in [2.24, 2.45) is 12.2 Å². The van der Waals surface area contributed by atoms with Gasteiger partial charge in [-0.15, -0.1) is 0 Å². The molecule has 0 aliphatic carbocycles. The van der Waals surface area contributed by atoms with Crippen molar-refractivity contribution in [2.45, 2.75) is 4.90 Å². The van der Waals surface area contributed by atoms with Crippen LogP contribution in [0.3, 0.4) is 0 Å². The van der Waals surface area contributed by atoms with E-state index in [0.29, 0.717) is 11.4 Å². The summed E-state index contributed by atoms with van der Waals surface area (Å²) in [6.07, 6.45) is 1.73. The molecule has 0 fully saturated rings. The summed E-state index contributed by atoms with van der Waals surface area (Å²) in [5, 5.41) is 16.8. The quantitative estimate of drug-likeness (QED) is 0.849. The molecule has 1 aromatic heterocycles. The Morgan fingerprint density at radius 1 is 1.50 bits per heavy atom. The van der Waals surface area contributed by atoms with Crippen LogP contribution in [0.2, 0.25) is 0 Å². The number of carbonyl (C=O) groups excluding carboxylic acids is 1. The first-order chi connectivity index (χ1) is 9.55. The molecule has 2 aromatic rings. The molecule has 0 unspecified atom stereocenters. The van der Waals surface area contributed by atoms with Gasteiger partial charge < -0.3 is 9.88 Å². The molecule has 7 heteroatoms. The van der Waals surface area contributed by atoms with E-state index in [0.717, 1.165) is 22.9 Å². The van der Waals surface area contributed by atoms with Gasteiger partial charge in [-0.1, -0.05) is 0 Å². The molecule has 1 heterocycles. The highest BCUT2D eigenvalue weighted by Gasteiger charge is 2.13. The smallest absolute Gasteiger partial charge is 0.272 e. The van der Waals surface area contributed by atoms with Gasteiger partial charge in [-0.3, -0.25) is 9.93 Å². The van der Waals surface area contributed by atoms with Gasteiger partial charge in [0, 0.05) is 23.8 Å². The molecule has 3 N–H and O–H groups in total. The van der Waals surface area contributed by atoms with Crippen LogP contribution in [-0.4, -0.2) is 10.5 Å². The average Bonchev–Trinajstić information content (AvgIpc) is 2.82. The topological polar surface area (TPSA) is 83.8 Å². The lowest BCUT2D eigenvalue weighted by molar-refractivity contribution is 0.101. The van der Waals surface area contributed by atoms with Gasteiger partial charge in [-0.05, 0) is 36.2 Å². The lowest BCUT2D eigenvalue weighted by Crippen LogP contribution is -2.15. The predicted molar refractivity (Wildman–Crippen MR) is 74.5 cm³/mol. The number of rotatable bonds is 3. The molecule has 0 spiro atoms. The standard InChI is InChI=1S/C13H11FN4OS/c1-18-7-10(20-16)5-12(18)13(19)17-9-2-3-11(14)8(4-9)6-15/h2-5,7H,16H2,1H3,(H,17,19). The van der Waals surface area contributed by atoms with Gasteiger partial charge in [0.2, 0.25) is 0 Å². The number of nitriles is 1. The first-order valence-corrected chi connectivity index (χ1v) is 6.47. The predicted octanol–water partition coefficient (Wildman–Crippen LogP) is 2.25. The summed E-state index contributed by atoms with van der Waals surface area (Å²) in [6.45, 7) is 0. The number of amides is 1. The van der Waals surface area contributed by atoms with Crippen LogP contribution < -0.4 is 10.5 Å². The molecule has 0 radical (unpaired) electrons. The van der Waals surface area contributed by atoms with Crippen LogP contribution in [0.4, 0.5) is 10.1 Å². The largest absolute Gasteiger partial charge is 0.345 e. The molecule has 0 saturated carbocycles. The number of carbonyl (C=O) groups is 1. The minimum absolute atomic E-state index is 0.118. The lowest BCUT2D eigenvalue weighted by Gasteiger charge is -2.06. The normalized spacial score (nSPS) is 10.1. The minimum atomic E-state index is -0.619. The van der Waals surface area contributed by atoms with Crippen LogP contribution in [0.5, 0.6) is 0 Å². The van der Waals surface area contributed by atoms with Crippen molar-refractivity contribution in [1.29, 1.82) is 5.26 Å². The monoisotopic (exact) mass is 290 g/mol. The molecule has 1 amide bonds. The summed E-state index contributed by atoms with van der Waals surface area (Å²) in [7, 11) is 1.72. The first kappa shape index (κ1) is 14.1. The third-order valence-electron chi connectivity index (χ3n) is 2.69. The third kappa shape index (κ3) is 2.82. The Kier molecular flexibility index (Phi) is 4.08. The van der Waals surface area contributed by atoms with Gasteiger partial charge in [-0.25, -0.2) is 4.39 Å². The fraction of sp³-hybridized carbons (Fsp3) is 0.0769. The summed E-state index contributed by atoms with van der Waals surface area (Å²) in [6, 6.07) is 7.19. The van der Waals surface area contributed by atoms with E-state index in [-0.39, 0.29) is 11.5 Å². The molecule has 102 valence electrons. The van der Waals surface area contributed by atoms with Gasteiger partial charge in [0.25, 0.3) is 5.91 Å². The number of hydrogen-bond acceptors (Lipinski definition) is 4. The van der Waals surface area contributed by atoms with Crippen molar-refractivity contribution in [3.63, 3.8) is 0 Å². The van der Waals surface area contributed by atoms with Gasteiger partial charge >= 0.3 is 0 Å². The van der Waals surface area contributed by atoms with E-state index in [1.54, 1.807) is 29.9 Å². The van der Waals surface area contributed by atoms with Crippen molar-refractivity contribution >= 4 is 23.5 Å². The van der Waals surface area contributed by atoms with Crippen LogP contribution in [-0.2, 0) is 7.05 Å². The molecule has 20 heavy (non-hydrogen) atoms. The van der Waals surface area contributed by atoms with E-state index in [4.69, 9.17) is 10.4 Å². The maximum atomic E-state index is 13.2. The number of nitrogens with two attached hydrogens (primary N) is 1. The zero-order valence-electron chi connectivity index (χ0n) is 10.6. The summed E-state index contributed by atoms with van der Waals surface area (Å²) in [5.41, 5.74) is 0.657. The van der Waals surface area contributed by atoms with Crippen molar-refractivity contribution in [3.05, 3.63) is 47.5 Å². The SMILES string of the molecule is Cn1cc(SN)cc1C(=O)Nc1ccc(F)c(C#N)c1. The molecule has 5 nitrogen and oxygen atoms in total.